The van der Waals surface area contributed by atoms with Crippen molar-refractivity contribution in [1.82, 2.24) is 15.0 Å². The Bertz CT molecular complexity index is 539. The lowest BCUT2D eigenvalue weighted by Crippen LogP contribution is -2.11. The zero-order valence-corrected chi connectivity index (χ0v) is 10.6. The Morgan fingerprint density at radius 3 is 2.72 bits per heavy atom. The zero-order chi connectivity index (χ0) is 13.0. The fourth-order valence-electron chi connectivity index (χ4n) is 1.74. The molecule has 0 amide bonds. The number of aryl methyl sites for hydroxylation is 2. The molecule has 2 heterocycles. The van der Waals surface area contributed by atoms with E-state index in [-0.39, 0.29) is 0 Å². The lowest BCUT2D eigenvalue weighted by Gasteiger charge is -2.07. The van der Waals surface area contributed by atoms with Crippen molar-refractivity contribution in [2.24, 2.45) is 5.84 Å². The van der Waals surface area contributed by atoms with E-state index in [0.29, 0.717) is 11.6 Å². The second kappa shape index (κ2) is 5.55. The summed E-state index contributed by atoms with van der Waals surface area (Å²) in [4.78, 5) is 13.3. The van der Waals surface area contributed by atoms with Crippen LogP contribution in [0, 0.1) is 6.92 Å². The topological polar surface area (TPSA) is 76.7 Å². The van der Waals surface area contributed by atoms with E-state index in [1.807, 2.05) is 31.2 Å². The summed E-state index contributed by atoms with van der Waals surface area (Å²) < 4.78 is 0. The molecular formula is C13H17N5. The number of aromatic nitrogens is 3. The molecule has 3 N–H and O–H groups in total. The predicted octanol–water partition coefficient (Wildman–Crippen LogP) is 2.09. The number of anilines is 1. The molecule has 0 radical (unpaired) electrons. The molecule has 0 aromatic carbocycles. The van der Waals surface area contributed by atoms with Gasteiger partial charge in [-0.1, -0.05) is 19.4 Å². The first-order valence-electron chi connectivity index (χ1n) is 6.01. The second-order valence-corrected chi connectivity index (χ2v) is 4.13. The van der Waals surface area contributed by atoms with Crippen LogP contribution in [0.4, 0.5) is 5.82 Å². The number of hydrogen-bond acceptors (Lipinski definition) is 5. The third-order valence-electron chi connectivity index (χ3n) is 2.55. The number of pyridine rings is 1. The SMILES string of the molecule is CCCc1cc(NN)nc(-c2cccc(C)n2)n1. The fraction of sp³-hybridized carbons (Fsp3) is 0.308. The van der Waals surface area contributed by atoms with Gasteiger partial charge in [0.25, 0.3) is 0 Å². The molecule has 0 bridgehead atoms. The van der Waals surface area contributed by atoms with Gasteiger partial charge in [-0.05, 0) is 25.5 Å². The first-order chi connectivity index (χ1) is 8.72. The Labute approximate surface area is 106 Å². The number of nitrogen functional groups attached to an aromatic ring is 1. The van der Waals surface area contributed by atoms with E-state index in [0.717, 1.165) is 29.9 Å². The van der Waals surface area contributed by atoms with Crippen LogP contribution in [0.1, 0.15) is 24.7 Å². The van der Waals surface area contributed by atoms with Gasteiger partial charge in [0.1, 0.15) is 11.5 Å². The summed E-state index contributed by atoms with van der Waals surface area (Å²) in [5.41, 5.74) is 5.25. The second-order valence-electron chi connectivity index (χ2n) is 4.13. The van der Waals surface area contributed by atoms with Gasteiger partial charge in [-0.2, -0.15) is 0 Å². The minimum Gasteiger partial charge on any atom is -0.308 e. The summed E-state index contributed by atoms with van der Waals surface area (Å²) in [6, 6.07) is 7.66. The van der Waals surface area contributed by atoms with Crippen molar-refractivity contribution in [3.8, 4) is 11.5 Å². The standard InChI is InChI=1S/C13H17N5/c1-3-5-10-8-12(18-14)17-13(16-10)11-7-4-6-9(2)15-11/h4,6-8H,3,5,14H2,1-2H3,(H,16,17,18). The van der Waals surface area contributed by atoms with Crippen LogP contribution in [0.2, 0.25) is 0 Å². The third-order valence-corrected chi connectivity index (χ3v) is 2.55. The lowest BCUT2D eigenvalue weighted by atomic mass is 10.2. The Kier molecular flexibility index (Phi) is 3.84. The number of hydrazine groups is 1. The van der Waals surface area contributed by atoms with Gasteiger partial charge < -0.3 is 5.43 Å². The average Bonchev–Trinajstić information content (AvgIpc) is 2.39. The van der Waals surface area contributed by atoms with Gasteiger partial charge in [0.05, 0.1) is 0 Å². The molecule has 18 heavy (non-hydrogen) atoms. The van der Waals surface area contributed by atoms with Crippen molar-refractivity contribution >= 4 is 5.82 Å². The molecule has 2 aromatic rings. The van der Waals surface area contributed by atoms with E-state index in [4.69, 9.17) is 5.84 Å². The predicted molar refractivity (Wildman–Crippen MR) is 71.8 cm³/mol. The Hall–Kier alpha value is -2.01. The highest BCUT2D eigenvalue weighted by Crippen LogP contribution is 2.16. The van der Waals surface area contributed by atoms with Crippen LogP contribution in [0.3, 0.4) is 0 Å². The number of nitrogens with one attached hydrogen (secondary N) is 1. The maximum atomic E-state index is 5.43. The van der Waals surface area contributed by atoms with Gasteiger partial charge in [0, 0.05) is 17.5 Å². The molecule has 0 saturated carbocycles. The highest BCUT2D eigenvalue weighted by atomic mass is 15.3. The summed E-state index contributed by atoms with van der Waals surface area (Å²) in [6.07, 6.45) is 1.93. The van der Waals surface area contributed by atoms with Crippen LogP contribution in [0.5, 0.6) is 0 Å². The molecule has 94 valence electrons. The molecule has 0 aliphatic heterocycles. The largest absolute Gasteiger partial charge is 0.308 e. The third kappa shape index (κ3) is 2.81. The maximum absolute atomic E-state index is 5.43. The van der Waals surface area contributed by atoms with Crippen molar-refractivity contribution in [1.29, 1.82) is 0 Å². The van der Waals surface area contributed by atoms with Crippen LogP contribution in [-0.2, 0) is 6.42 Å². The fourth-order valence-corrected chi connectivity index (χ4v) is 1.74. The summed E-state index contributed by atoms with van der Waals surface area (Å²) in [5, 5.41) is 0. The normalized spacial score (nSPS) is 10.4. The molecule has 0 fully saturated rings. The zero-order valence-electron chi connectivity index (χ0n) is 10.6. The molecule has 5 nitrogen and oxygen atoms in total. The van der Waals surface area contributed by atoms with Crippen molar-refractivity contribution in [3.63, 3.8) is 0 Å². The van der Waals surface area contributed by atoms with Crippen molar-refractivity contribution < 1.29 is 0 Å². The molecule has 2 aromatic heterocycles. The van der Waals surface area contributed by atoms with Crippen LogP contribution < -0.4 is 11.3 Å². The number of nitrogens with two attached hydrogens (primary N) is 1. The highest BCUT2D eigenvalue weighted by Gasteiger charge is 2.07. The van der Waals surface area contributed by atoms with Crippen LogP contribution in [0.25, 0.3) is 11.5 Å². The van der Waals surface area contributed by atoms with Gasteiger partial charge in [0.2, 0.25) is 0 Å². The van der Waals surface area contributed by atoms with Gasteiger partial charge >= 0.3 is 0 Å². The van der Waals surface area contributed by atoms with E-state index in [1.54, 1.807) is 0 Å². The number of rotatable bonds is 4. The summed E-state index contributed by atoms with van der Waals surface area (Å²) in [5.74, 6) is 6.66. The quantitative estimate of drug-likeness (QED) is 0.635. The molecule has 0 aliphatic rings. The molecule has 0 atom stereocenters. The molecule has 2 rings (SSSR count). The van der Waals surface area contributed by atoms with E-state index < -0.39 is 0 Å². The monoisotopic (exact) mass is 243 g/mol. The maximum Gasteiger partial charge on any atom is 0.180 e. The van der Waals surface area contributed by atoms with E-state index >= 15 is 0 Å². The van der Waals surface area contributed by atoms with E-state index in [9.17, 15) is 0 Å². The molecule has 5 heteroatoms. The Morgan fingerprint density at radius 1 is 1.22 bits per heavy atom. The highest BCUT2D eigenvalue weighted by molar-refractivity contribution is 5.53. The van der Waals surface area contributed by atoms with Crippen LogP contribution in [0.15, 0.2) is 24.3 Å². The summed E-state index contributed by atoms with van der Waals surface area (Å²) >= 11 is 0. The molecule has 0 saturated heterocycles. The Morgan fingerprint density at radius 2 is 2.06 bits per heavy atom. The molecule has 0 unspecified atom stereocenters. The Balaban J connectivity index is 2.46. The van der Waals surface area contributed by atoms with Crippen molar-refractivity contribution in [2.45, 2.75) is 26.7 Å². The van der Waals surface area contributed by atoms with Gasteiger partial charge in [-0.25, -0.2) is 20.8 Å². The first-order valence-corrected chi connectivity index (χ1v) is 6.01. The molecule has 0 aliphatic carbocycles. The number of nitrogens with zero attached hydrogens (tertiary/aromatic N) is 3. The minimum absolute atomic E-state index is 0.609. The van der Waals surface area contributed by atoms with E-state index in [2.05, 4.69) is 27.3 Å². The lowest BCUT2D eigenvalue weighted by molar-refractivity contribution is 0.873. The van der Waals surface area contributed by atoms with Gasteiger partial charge in [0.15, 0.2) is 5.82 Å². The van der Waals surface area contributed by atoms with Crippen LogP contribution in [-0.4, -0.2) is 15.0 Å². The smallest absolute Gasteiger partial charge is 0.180 e. The first kappa shape index (κ1) is 12.4. The summed E-state index contributed by atoms with van der Waals surface area (Å²) in [6.45, 7) is 4.06. The van der Waals surface area contributed by atoms with Gasteiger partial charge in [-0.15, -0.1) is 0 Å². The van der Waals surface area contributed by atoms with E-state index in [1.165, 1.54) is 0 Å². The molecular weight excluding hydrogens is 226 g/mol. The van der Waals surface area contributed by atoms with Crippen LogP contribution >= 0.6 is 0 Å². The number of hydrogen-bond donors (Lipinski definition) is 2. The average molecular weight is 243 g/mol. The van der Waals surface area contributed by atoms with Crippen molar-refractivity contribution in [3.05, 3.63) is 35.7 Å². The van der Waals surface area contributed by atoms with Gasteiger partial charge in [-0.3, -0.25) is 0 Å². The van der Waals surface area contributed by atoms with Crippen molar-refractivity contribution in [2.75, 3.05) is 5.43 Å². The summed E-state index contributed by atoms with van der Waals surface area (Å²) in [7, 11) is 0. The molecule has 0 spiro atoms. The minimum atomic E-state index is 0.609.